The molecule has 1 amide bonds. The standard InChI is InChI=1S/C19H20N4O/c1-19(2)12-13-8-6-7-11-15(13)16(21-19)17(18(20)24)23-22-14-9-4-3-5-10-14/h3-11,21H,12H2,1-2H3,(H2,20,24)/b17-16+,23-22+. The van der Waals surface area contributed by atoms with Crippen molar-refractivity contribution in [3.63, 3.8) is 0 Å². The normalized spacial score (nSPS) is 17.9. The average Bonchev–Trinajstić information content (AvgIpc) is 2.54. The molecule has 2 aromatic carbocycles. The molecule has 0 saturated carbocycles. The Balaban J connectivity index is 2.12. The lowest BCUT2D eigenvalue weighted by molar-refractivity contribution is -0.114. The Morgan fingerprint density at radius 2 is 1.75 bits per heavy atom. The summed E-state index contributed by atoms with van der Waals surface area (Å²) in [5.41, 5.74) is 8.92. The van der Waals surface area contributed by atoms with Gasteiger partial charge >= 0.3 is 0 Å². The van der Waals surface area contributed by atoms with Gasteiger partial charge in [0.05, 0.1) is 11.4 Å². The highest BCUT2D eigenvalue weighted by molar-refractivity contribution is 6.00. The van der Waals surface area contributed by atoms with Crippen LogP contribution in [0.1, 0.15) is 25.0 Å². The molecule has 0 aromatic heterocycles. The van der Waals surface area contributed by atoms with Gasteiger partial charge in [0.2, 0.25) is 0 Å². The molecule has 0 aliphatic carbocycles. The Bertz CT molecular complexity index is 822. The monoisotopic (exact) mass is 320 g/mol. The van der Waals surface area contributed by atoms with Crippen LogP contribution in [-0.2, 0) is 11.2 Å². The van der Waals surface area contributed by atoms with Gasteiger partial charge in [-0.05, 0) is 38.0 Å². The summed E-state index contributed by atoms with van der Waals surface area (Å²) in [6.45, 7) is 4.16. The quantitative estimate of drug-likeness (QED) is 0.670. The van der Waals surface area contributed by atoms with Crippen LogP contribution in [0.4, 0.5) is 5.69 Å². The predicted molar refractivity (Wildman–Crippen MR) is 94.4 cm³/mol. The molecule has 0 radical (unpaired) electrons. The number of nitrogens with two attached hydrogens (primary N) is 1. The Morgan fingerprint density at radius 1 is 1.08 bits per heavy atom. The van der Waals surface area contributed by atoms with Crippen LogP contribution in [0.2, 0.25) is 0 Å². The van der Waals surface area contributed by atoms with Gasteiger partial charge in [-0.1, -0.05) is 42.5 Å². The molecule has 0 bridgehead atoms. The van der Waals surface area contributed by atoms with E-state index in [1.165, 1.54) is 0 Å². The molecule has 24 heavy (non-hydrogen) atoms. The van der Waals surface area contributed by atoms with Crippen molar-refractivity contribution in [2.75, 3.05) is 0 Å². The number of primary amides is 1. The first-order valence-corrected chi connectivity index (χ1v) is 7.84. The predicted octanol–water partition coefficient (Wildman–Crippen LogP) is 3.55. The highest BCUT2D eigenvalue weighted by Gasteiger charge is 2.30. The van der Waals surface area contributed by atoms with Crippen molar-refractivity contribution < 1.29 is 4.79 Å². The first kappa shape index (κ1) is 15.9. The molecule has 1 aliphatic heterocycles. The molecule has 3 N–H and O–H groups in total. The Hall–Kier alpha value is -2.95. The number of rotatable bonds is 3. The molecule has 1 aliphatic rings. The molecule has 3 rings (SSSR count). The summed E-state index contributed by atoms with van der Waals surface area (Å²) in [6, 6.07) is 17.2. The second-order valence-electron chi connectivity index (χ2n) is 6.47. The number of nitrogens with one attached hydrogen (secondary N) is 1. The van der Waals surface area contributed by atoms with Crippen LogP contribution in [0.5, 0.6) is 0 Å². The van der Waals surface area contributed by atoms with Gasteiger partial charge < -0.3 is 11.1 Å². The zero-order chi connectivity index (χ0) is 17.2. The number of amides is 1. The minimum atomic E-state index is -0.607. The maximum Gasteiger partial charge on any atom is 0.271 e. The van der Waals surface area contributed by atoms with E-state index < -0.39 is 5.91 Å². The van der Waals surface area contributed by atoms with Crippen molar-refractivity contribution in [3.05, 3.63) is 71.4 Å². The third-order valence-corrected chi connectivity index (χ3v) is 3.87. The minimum Gasteiger partial charge on any atom is -0.377 e. The summed E-state index contributed by atoms with van der Waals surface area (Å²) < 4.78 is 0. The fourth-order valence-corrected chi connectivity index (χ4v) is 2.86. The van der Waals surface area contributed by atoms with Gasteiger partial charge in [-0.25, -0.2) is 0 Å². The third kappa shape index (κ3) is 3.35. The van der Waals surface area contributed by atoms with Gasteiger partial charge in [0.25, 0.3) is 5.91 Å². The van der Waals surface area contributed by atoms with Crippen LogP contribution in [-0.4, -0.2) is 11.4 Å². The zero-order valence-electron chi connectivity index (χ0n) is 13.8. The molecule has 2 aromatic rings. The van der Waals surface area contributed by atoms with E-state index in [-0.39, 0.29) is 11.2 Å². The first-order valence-electron chi connectivity index (χ1n) is 7.84. The summed E-state index contributed by atoms with van der Waals surface area (Å²) in [5.74, 6) is -0.607. The summed E-state index contributed by atoms with van der Waals surface area (Å²) in [7, 11) is 0. The van der Waals surface area contributed by atoms with Crippen molar-refractivity contribution >= 4 is 17.3 Å². The van der Waals surface area contributed by atoms with Gasteiger partial charge in [0, 0.05) is 11.1 Å². The lowest BCUT2D eigenvalue weighted by Gasteiger charge is -2.35. The van der Waals surface area contributed by atoms with Gasteiger partial charge in [0.1, 0.15) is 0 Å². The van der Waals surface area contributed by atoms with Crippen LogP contribution in [0.25, 0.3) is 5.70 Å². The van der Waals surface area contributed by atoms with E-state index >= 15 is 0 Å². The number of carbonyl (C=O) groups is 1. The molecule has 0 fully saturated rings. The van der Waals surface area contributed by atoms with Crippen molar-refractivity contribution in [1.82, 2.24) is 5.32 Å². The van der Waals surface area contributed by atoms with Crippen LogP contribution < -0.4 is 11.1 Å². The Kier molecular flexibility index (Phi) is 4.16. The van der Waals surface area contributed by atoms with E-state index in [9.17, 15) is 4.79 Å². The van der Waals surface area contributed by atoms with Gasteiger partial charge in [-0.2, -0.15) is 5.11 Å². The summed E-state index contributed by atoms with van der Waals surface area (Å²) in [6.07, 6.45) is 0.856. The molecule has 0 unspecified atom stereocenters. The smallest absolute Gasteiger partial charge is 0.271 e. The number of azo groups is 1. The Morgan fingerprint density at radius 3 is 2.46 bits per heavy atom. The van der Waals surface area contributed by atoms with E-state index in [2.05, 4.69) is 35.5 Å². The highest BCUT2D eigenvalue weighted by Crippen LogP contribution is 2.32. The number of hydrogen-bond acceptors (Lipinski definition) is 4. The number of hydrogen-bond donors (Lipinski definition) is 2. The van der Waals surface area contributed by atoms with Crippen LogP contribution in [0.3, 0.4) is 0 Å². The summed E-state index contributed by atoms with van der Waals surface area (Å²) >= 11 is 0. The van der Waals surface area contributed by atoms with Gasteiger partial charge in [-0.3, -0.25) is 4.79 Å². The molecule has 5 heteroatoms. The second-order valence-corrected chi connectivity index (χ2v) is 6.47. The van der Waals surface area contributed by atoms with Crippen LogP contribution >= 0.6 is 0 Å². The first-order chi connectivity index (χ1) is 11.5. The molecule has 0 spiro atoms. The summed E-state index contributed by atoms with van der Waals surface area (Å²) in [4.78, 5) is 12.0. The van der Waals surface area contributed by atoms with Crippen LogP contribution in [0, 0.1) is 0 Å². The minimum absolute atomic E-state index is 0.138. The molecule has 5 nitrogen and oxygen atoms in total. The largest absolute Gasteiger partial charge is 0.377 e. The van der Waals surface area contributed by atoms with E-state index in [0.717, 1.165) is 17.5 Å². The molecule has 0 atom stereocenters. The average molecular weight is 320 g/mol. The SMILES string of the molecule is CC1(C)Cc2ccccc2/C(=C(\N=N\c2ccccc2)C(N)=O)N1. The van der Waals surface area contributed by atoms with E-state index in [1.807, 2.05) is 48.5 Å². The molecule has 0 saturated heterocycles. The second kappa shape index (κ2) is 6.28. The molecule has 1 heterocycles. The van der Waals surface area contributed by atoms with E-state index in [4.69, 9.17) is 5.73 Å². The number of benzene rings is 2. The summed E-state index contributed by atoms with van der Waals surface area (Å²) in [5, 5.41) is 11.7. The fraction of sp³-hybridized carbons (Fsp3) is 0.211. The maximum atomic E-state index is 12.0. The lowest BCUT2D eigenvalue weighted by Crippen LogP contribution is -2.44. The van der Waals surface area contributed by atoms with E-state index in [0.29, 0.717) is 11.4 Å². The molecule has 122 valence electrons. The molecular formula is C19H20N4O. The Labute approximate surface area is 141 Å². The number of carbonyl (C=O) groups excluding carboxylic acids is 1. The van der Waals surface area contributed by atoms with Gasteiger partial charge in [-0.15, -0.1) is 5.11 Å². The third-order valence-electron chi connectivity index (χ3n) is 3.87. The topological polar surface area (TPSA) is 79.8 Å². The van der Waals surface area contributed by atoms with Crippen molar-refractivity contribution in [3.8, 4) is 0 Å². The number of nitrogens with zero attached hydrogens (tertiary/aromatic N) is 2. The van der Waals surface area contributed by atoms with Crippen molar-refractivity contribution in [2.45, 2.75) is 25.8 Å². The zero-order valence-corrected chi connectivity index (χ0v) is 13.8. The maximum absolute atomic E-state index is 12.0. The highest BCUT2D eigenvalue weighted by atomic mass is 16.1. The number of fused-ring (bicyclic) bond motifs is 1. The van der Waals surface area contributed by atoms with E-state index in [1.54, 1.807) is 0 Å². The fourth-order valence-electron chi connectivity index (χ4n) is 2.86. The van der Waals surface area contributed by atoms with Crippen molar-refractivity contribution in [2.24, 2.45) is 16.0 Å². The van der Waals surface area contributed by atoms with Gasteiger partial charge in [0.15, 0.2) is 5.70 Å². The van der Waals surface area contributed by atoms with Crippen LogP contribution in [0.15, 0.2) is 70.5 Å². The van der Waals surface area contributed by atoms with Crippen molar-refractivity contribution in [1.29, 1.82) is 0 Å². The lowest BCUT2D eigenvalue weighted by atomic mass is 9.85. The molecular weight excluding hydrogens is 300 g/mol.